The number of carbonyl (C=O) groups excluding carboxylic acids is 1. The number of hydrogen-bond acceptors (Lipinski definition) is 4. The first-order valence-corrected chi connectivity index (χ1v) is 10.0. The topological polar surface area (TPSA) is 42.4 Å². The largest absolute Gasteiger partial charge is 0.373 e. The molecule has 2 fully saturated rings. The lowest BCUT2D eigenvalue weighted by Crippen LogP contribution is -2.60. The molecule has 1 spiro atoms. The van der Waals surface area contributed by atoms with Crippen molar-refractivity contribution in [3.05, 3.63) is 65.0 Å². The quantitative estimate of drug-likeness (QED) is 0.827. The lowest BCUT2D eigenvalue weighted by atomic mass is 9.92. The maximum absolute atomic E-state index is 12.7. The highest BCUT2D eigenvalue weighted by Gasteiger charge is 2.51. The fourth-order valence-electron chi connectivity index (χ4n) is 3.67. The molecule has 1 aromatic heterocycles. The van der Waals surface area contributed by atoms with Crippen LogP contribution in [-0.4, -0.2) is 45.5 Å². The van der Waals surface area contributed by atoms with Gasteiger partial charge in [-0.05, 0) is 61.2 Å². The van der Waals surface area contributed by atoms with Crippen LogP contribution in [0.5, 0.6) is 0 Å². The molecule has 4 rings (SSSR count). The molecular weight excluding hydrogens is 344 g/mol. The number of rotatable bonds is 4. The van der Waals surface area contributed by atoms with Crippen LogP contribution >= 0.6 is 11.8 Å². The average molecular weight is 369 g/mol. The second-order valence-corrected chi connectivity index (χ2v) is 8.93. The van der Waals surface area contributed by atoms with E-state index >= 15 is 0 Å². The summed E-state index contributed by atoms with van der Waals surface area (Å²) in [6.45, 7) is 6.43. The van der Waals surface area contributed by atoms with Gasteiger partial charge >= 0.3 is 0 Å². The van der Waals surface area contributed by atoms with Gasteiger partial charge in [0.2, 0.25) is 0 Å². The molecule has 5 heteroatoms. The fraction of sp³-hybridized carbons (Fsp3) is 0.429. The van der Waals surface area contributed by atoms with E-state index in [4.69, 9.17) is 4.74 Å². The van der Waals surface area contributed by atoms with E-state index in [1.165, 1.54) is 11.1 Å². The second kappa shape index (κ2) is 7.05. The molecule has 4 nitrogen and oxygen atoms in total. The maximum atomic E-state index is 12.7. The van der Waals surface area contributed by atoms with Gasteiger partial charge in [0.05, 0.1) is 17.5 Å². The SMILES string of the molecule is Cc1ccc(C(=O)N2CC3(C[C@@H](OCc4ccncc4)CS3)C2)cc1C. The normalized spacial score (nSPS) is 21.0. The van der Waals surface area contributed by atoms with Crippen LogP contribution in [0.2, 0.25) is 0 Å². The summed E-state index contributed by atoms with van der Waals surface area (Å²) in [5.41, 5.74) is 4.36. The van der Waals surface area contributed by atoms with Gasteiger partial charge in [-0.3, -0.25) is 9.78 Å². The Labute approximate surface area is 159 Å². The number of hydrogen-bond donors (Lipinski definition) is 0. The van der Waals surface area contributed by atoms with Crippen LogP contribution in [-0.2, 0) is 11.3 Å². The number of nitrogens with zero attached hydrogens (tertiary/aromatic N) is 2. The number of carbonyl (C=O) groups is 1. The van der Waals surface area contributed by atoms with Crippen LogP contribution in [0.3, 0.4) is 0 Å². The van der Waals surface area contributed by atoms with Crippen molar-refractivity contribution in [1.29, 1.82) is 0 Å². The summed E-state index contributed by atoms with van der Waals surface area (Å²) in [5.74, 6) is 1.16. The Morgan fingerprint density at radius 2 is 2.00 bits per heavy atom. The first-order chi connectivity index (χ1) is 12.5. The highest BCUT2D eigenvalue weighted by molar-refractivity contribution is 8.01. The van der Waals surface area contributed by atoms with Crippen molar-refractivity contribution in [2.45, 2.75) is 37.7 Å². The Balaban J connectivity index is 1.30. The second-order valence-electron chi connectivity index (χ2n) is 7.45. The smallest absolute Gasteiger partial charge is 0.253 e. The summed E-state index contributed by atoms with van der Waals surface area (Å²) in [6.07, 6.45) is 4.89. The predicted molar refractivity (Wildman–Crippen MR) is 104 cm³/mol. The van der Waals surface area contributed by atoms with E-state index in [1.54, 1.807) is 12.4 Å². The van der Waals surface area contributed by atoms with Gasteiger partial charge in [0.25, 0.3) is 5.91 Å². The standard InChI is InChI=1S/C21H24N2O2S/c1-15-3-4-18(9-16(15)2)20(24)23-13-21(14-23)10-19(12-26-21)25-11-17-5-7-22-8-6-17/h3-9,19H,10-14H2,1-2H3/t19-/m1/s1. The zero-order chi connectivity index (χ0) is 18.1. The third-order valence-electron chi connectivity index (χ3n) is 5.41. The number of amides is 1. The maximum Gasteiger partial charge on any atom is 0.253 e. The number of aryl methyl sites for hydroxylation is 2. The lowest BCUT2D eigenvalue weighted by Gasteiger charge is -2.47. The van der Waals surface area contributed by atoms with E-state index in [2.05, 4.69) is 18.8 Å². The van der Waals surface area contributed by atoms with Gasteiger partial charge in [0.1, 0.15) is 0 Å². The summed E-state index contributed by atoms with van der Waals surface area (Å²) < 4.78 is 6.27. The van der Waals surface area contributed by atoms with Crippen molar-refractivity contribution < 1.29 is 9.53 Å². The fourth-order valence-corrected chi connectivity index (χ4v) is 5.22. The molecule has 3 heterocycles. The van der Waals surface area contributed by atoms with Crippen LogP contribution in [0, 0.1) is 13.8 Å². The van der Waals surface area contributed by atoms with Gasteiger partial charge in [0.15, 0.2) is 0 Å². The van der Waals surface area contributed by atoms with E-state index in [-0.39, 0.29) is 16.8 Å². The molecule has 136 valence electrons. The molecule has 0 aliphatic carbocycles. The van der Waals surface area contributed by atoms with E-state index < -0.39 is 0 Å². The van der Waals surface area contributed by atoms with Crippen molar-refractivity contribution in [3.8, 4) is 0 Å². The van der Waals surface area contributed by atoms with Crippen LogP contribution in [0.4, 0.5) is 0 Å². The van der Waals surface area contributed by atoms with Crippen LogP contribution in [0.15, 0.2) is 42.7 Å². The minimum Gasteiger partial charge on any atom is -0.373 e. The van der Waals surface area contributed by atoms with Crippen molar-refractivity contribution in [2.75, 3.05) is 18.8 Å². The molecule has 0 unspecified atom stereocenters. The Hall–Kier alpha value is -1.85. The Kier molecular flexibility index (Phi) is 4.76. The zero-order valence-corrected chi connectivity index (χ0v) is 16.1. The van der Waals surface area contributed by atoms with Crippen LogP contribution in [0.25, 0.3) is 0 Å². The third-order valence-corrected chi connectivity index (χ3v) is 6.98. The van der Waals surface area contributed by atoms with Gasteiger partial charge in [-0.15, -0.1) is 11.8 Å². The first kappa shape index (κ1) is 17.6. The molecule has 26 heavy (non-hydrogen) atoms. The molecule has 0 N–H and O–H groups in total. The minimum atomic E-state index is 0.153. The molecular formula is C21H24N2O2S. The van der Waals surface area contributed by atoms with Crippen molar-refractivity contribution in [3.63, 3.8) is 0 Å². The number of pyridine rings is 1. The molecule has 2 aliphatic heterocycles. The summed E-state index contributed by atoms with van der Waals surface area (Å²) in [5, 5.41) is 0. The number of thioether (sulfide) groups is 1. The molecule has 0 radical (unpaired) electrons. The predicted octanol–water partition coefficient (Wildman–Crippen LogP) is 3.62. The summed E-state index contributed by atoms with van der Waals surface area (Å²) >= 11 is 1.97. The van der Waals surface area contributed by atoms with Crippen LogP contribution in [0.1, 0.15) is 33.5 Å². The molecule has 0 saturated carbocycles. The zero-order valence-electron chi connectivity index (χ0n) is 15.3. The lowest BCUT2D eigenvalue weighted by molar-refractivity contribution is 0.0255. The third kappa shape index (κ3) is 3.51. The molecule has 2 saturated heterocycles. The molecule has 0 bridgehead atoms. The van der Waals surface area contributed by atoms with E-state index in [1.807, 2.05) is 47.0 Å². The van der Waals surface area contributed by atoms with Gasteiger partial charge < -0.3 is 9.64 Å². The molecule has 2 aliphatic rings. The van der Waals surface area contributed by atoms with Gasteiger partial charge in [0, 0.05) is 36.8 Å². The van der Waals surface area contributed by atoms with E-state index in [0.717, 1.165) is 36.4 Å². The summed E-state index contributed by atoms with van der Waals surface area (Å²) in [7, 11) is 0. The summed E-state index contributed by atoms with van der Waals surface area (Å²) in [4.78, 5) is 18.7. The van der Waals surface area contributed by atoms with Crippen molar-refractivity contribution in [1.82, 2.24) is 9.88 Å². The highest BCUT2D eigenvalue weighted by Crippen LogP contribution is 2.46. The molecule has 1 aromatic carbocycles. The summed E-state index contributed by atoms with van der Waals surface area (Å²) in [6, 6.07) is 9.96. The molecule has 1 amide bonds. The Morgan fingerprint density at radius 3 is 2.73 bits per heavy atom. The monoisotopic (exact) mass is 368 g/mol. The molecule has 1 atom stereocenters. The Bertz CT molecular complexity index is 803. The van der Waals surface area contributed by atoms with Gasteiger partial charge in [-0.25, -0.2) is 0 Å². The van der Waals surface area contributed by atoms with Gasteiger partial charge in [-0.1, -0.05) is 6.07 Å². The average Bonchev–Trinajstić information content (AvgIpc) is 3.06. The molecule has 2 aromatic rings. The Morgan fingerprint density at radius 1 is 1.23 bits per heavy atom. The van der Waals surface area contributed by atoms with E-state index in [0.29, 0.717) is 6.61 Å². The van der Waals surface area contributed by atoms with Crippen molar-refractivity contribution >= 4 is 17.7 Å². The number of likely N-dealkylation sites (tertiary alicyclic amines) is 1. The first-order valence-electron chi connectivity index (χ1n) is 9.06. The number of benzene rings is 1. The minimum absolute atomic E-state index is 0.153. The number of aromatic nitrogens is 1. The van der Waals surface area contributed by atoms with Crippen LogP contribution < -0.4 is 0 Å². The van der Waals surface area contributed by atoms with E-state index in [9.17, 15) is 4.79 Å². The highest BCUT2D eigenvalue weighted by atomic mass is 32.2. The van der Waals surface area contributed by atoms with Gasteiger partial charge in [-0.2, -0.15) is 0 Å². The number of ether oxygens (including phenoxy) is 1. The van der Waals surface area contributed by atoms with Crippen molar-refractivity contribution in [2.24, 2.45) is 0 Å².